The maximum Gasteiger partial charge on any atom is 0.240 e. The van der Waals surface area contributed by atoms with Crippen LogP contribution in [-0.4, -0.2) is 49.1 Å². The molecule has 2 aromatic rings. The number of piperazine rings is 1. The van der Waals surface area contributed by atoms with Crippen molar-refractivity contribution >= 4 is 40.5 Å². The molecule has 8 heteroatoms. The molecule has 2 unspecified atom stereocenters. The van der Waals surface area contributed by atoms with Gasteiger partial charge in [0.15, 0.2) is 0 Å². The first kappa shape index (κ1) is 23.7. The number of halogens is 2. The minimum atomic E-state index is -0.107. The average Bonchev–Trinajstić information content (AvgIpc) is 3.33. The van der Waals surface area contributed by atoms with E-state index < -0.39 is 0 Å². The van der Waals surface area contributed by atoms with Crippen molar-refractivity contribution in [3.63, 3.8) is 0 Å². The largest absolute Gasteiger partial charge is 0.377 e. The summed E-state index contributed by atoms with van der Waals surface area (Å²) in [7, 11) is 0. The van der Waals surface area contributed by atoms with Gasteiger partial charge in [-0.05, 0) is 69.1 Å². The highest BCUT2D eigenvalue weighted by molar-refractivity contribution is 6.35. The van der Waals surface area contributed by atoms with E-state index in [2.05, 4.69) is 28.5 Å². The van der Waals surface area contributed by atoms with Gasteiger partial charge in [-0.1, -0.05) is 29.3 Å². The third-order valence-electron chi connectivity index (χ3n) is 6.56. The van der Waals surface area contributed by atoms with Crippen LogP contribution in [0.15, 0.2) is 36.4 Å². The van der Waals surface area contributed by atoms with Gasteiger partial charge in [0.1, 0.15) is 6.07 Å². The molecule has 2 aliphatic heterocycles. The van der Waals surface area contributed by atoms with Crippen molar-refractivity contribution in [2.75, 3.05) is 36.4 Å². The predicted octanol–water partition coefficient (Wildman–Crippen LogP) is 4.83. The maximum atomic E-state index is 12.9. The second-order valence-corrected chi connectivity index (χ2v) is 9.69. The van der Waals surface area contributed by atoms with Crippen LogP contribution in [0.2, 0.25) is 10.0 Å². The van der Waals surface area contributed by atoms with E-state index in [1.54, 1.807) is 6.07 Å². The van der Waals surface area contributed by atoms with Gasteiger partial charge >= 0.3 is 0 Å². The number of nitrogens with one attached hydrogen (secondary N) is 2. The van der Waals surface area contributed by atoms with Crippen LogP contribution in [0.25, 0.3) is 0 Å². The highest BCUT2D eigenvalue weighted by Gasteiger charge is 2.33. The van der Waals surface area contributed by atoms with Crippen molar-refractivity contribution in [2.45, 2.75) is 44.8 Å². The molecule has 0 aromatic heterocycles. The number of hydrogen-bond acceptors (Lipinski definition) is 5. The van der Waals surface area contributed by atoms with Gasteiger partial charge in [0.25, 0.3) is 0 Å². The molecule has 2 N–H and O–H groups in total. The van der Waals surface area contributed by atoms with E-state index in [-0.39, 0.29) is 24.0 Å². The Morgan fingerprint density at radius 3 is 2.73 bits per heavy atom. The summed E-state index contributed by atoms with van der Waals surface area (Å²) in [6, 6.07) is 13.5. The number of hydrogen-bond donors (Lipinski definition) is 2. The van der Waals surface area contributed by atoms with E-state index in [0.717, 1.165) is 49.4 Å². The molecule has 2 heterocycles. The minimum absolute atomic E-state index is 0.0362. The molecule has 2 aliphatic rings. The fourth-order valence-corrected chi connectivity index (χ4v) is 5.30. The van der Waals surface area contributed by atoms with Crippen molar-refractivity contribution in [1.82, 2.24) is 10.2 Å². The second kappa shape index (κ2) is 10.2. The molecule has 0 saturated carbocycles. The lowest BCUT2D eigenvalue weighted by Crippen LogP contribution is -2.57. The quantitative estimate of drug-likeness (QED) is 0.634. The molecule has 2 fully saturated rings. The molecular formula is C25H29Cl2N5O. The van der Waals surface area contributed by atoms with Gasteiger partial charge in [0.05, 0.1) is 23.3 Å². The van der Waals surface area contributed by atoms with E-state index in [1.165, 1.54) is 0 Å². The van der Waals surface area contributed by atoms with Gasteiger partial charge in [0, 0.05) is 41.4 Å². The molecule has 0 spiro atoms. The van der Waals surface area contributed by atoms with Gasteiger partial charge in [-0.3, -0.25) is 4.79 Å². The standard InChI is InChI=1S/C25H29Cl2N5O/c1-16-15-31(10-11-32(16)25(33)23-4-3-9-29-23)20-7-5-18(14-28)24(13-20)30-17(2)21-8-6-19(26)12-22(21)27/h5-8,12-13,16-17,23,29-30H,3-4,9-11,15H2,1-2H3/t16-,17?,23?/m1/s1. The topological polar surface area (TPSA) is 71.4 Å². The number of nitrogens with zero attached hydrogens (tertiary/aromatic N) is 3. The second-order valence-electron chi connectivity index (χ2n) is 8.85. The highest BCUT2D eigenvalue weighted by Crippen LogP contribution is 2.32. The monoisotopic (exact) mass is 485 g/mol. The molecule has 6 nitrogen and oxygen atoms in total. The minimum Gasteiger partial charge on any atom is -0.377 e. The number of carbonyl (C=O) groups is 1. The first-order valence-corrected chi connectivity index (χ1v) is 12.2. The zero-order chi connectivity index (χ0) is 23.5. The Kier molecular flexibility index (Phi) is 7.33. The summed E-state index contributed by atoms with van der Waals surface area (Å²) in [6.07, 6.45) is 1.98. The van der Waals surface area contributed by atoms with Crippen molar-refractivity contribution in [3.8, 4) is 6.07 Å². The summed E-state index contributed by atoms with van der Waals surface area (Å²) < 4.78 is 0. The zero-order valence-electron chi connectivity index (χ0n) is 18.9. The van der Waals surface area contributed by atoms with Crippen LogP contribution >= 0.6 is 23.2 Å². The number of benzene rings is 2. The summed E-state index contributed by atoms with van der Waals surface area (Å²) in [4.78, 5) is 17.2. The van der Waals surface area contributed by atoms with Gasteiger partial charge < -0.3 is 20.4 Å². The van der Waals surface area contributed by atoms with Crippen molar-refractivity contribution in [3.05, 3.63) is 57.6 Å². The number of nitriles is 1. The highest BCUT2D eigenvalue weighted by atomic mass is 35.5. The normalized spacial score (nSPS) is 21.5. The van der Waals surface area contributed by atoms with Crippen LogP contribution in [-0.2, 0) is 4.79 Å². The summed E-state index contributed by atoms with van der Waals surface area (Å²) in [6.45, 7) is 7.23. The molecule has 4 rings (SSSR count). The lowest BCUT2D eigenvalue weighted by molar-refractivity contribution is -0.135. The van der Waals surface area contributed by atoms with Crippen molar-refractivity contribution in [2.24, 2.45) is 0 Å². The van der Waals surface area contributed by atoms with Gasteiger partial charge in [-0.15, -0.1) is 0 Å². The van der Waals surface area contributed by atoms with Gasteiger partial charge in [0.2, 0.25) is 5.91 Å². The predicted molar refractivity (Wildman–Crippen MR) is 134 cm³/mol. The van der Waals surface area contributed by atoms with E-state index in [9.17, 15) is 10.1 Å². The zero-order valence-corrected chi connectivity index (χ0v) is 20.5. The van der Waals surface area contributed by atoms with Crippen LogP contribution in [0.4, 0.5) is 11.4 Å². The molecule has 2 saturated heterocycles. The van der Waals surface area contributed by atoms with Crippen molar-refractivity contribution in [1.29, 1.82) is 5.26 Å². The summed E-state index contributed by atoms with van der Waals surface area (Å²) in [5.41, 5.74) is 3.28. The fraction of sp³-hybridized carbons (Fsp3) is 0.440. The molecule has 2 aromatic carbocycles. The molecule has 3 atom stereocenters. The number of carbonyl (C=O) groups excluding carboxylic acids is 1. The molecule has 33 heavy (non-hydrogen) atoms. The number of amides is 1. The Morgan fingerprint density at radius 2 is 2.06 bits per heavy atom. The Hall–Kier alpha value is -2.46. The molecular weight excluding hydrogens is 457 g/mol. The smallest absolute Gasteiger partial charge is 0.240 e. The summed E-state index contributed by atoms with van der Waals surface area (Å²) in [5, 5.41) is 17.6. The number of anilines is 2. The lowest BCUT2D eigenvalue weighted by atomic mass is 10.1. The average molecular weight is 486 g/mol. The molecule has 0 bridgehead atoms. The lowest BCUT2D eigenvalue weighted by Gasteiger charge is -2.42. The van der Waals surface area contributed by atoms with E-state index in [0.29, 0.717) is 22.2 Å². The van der Waals surface area contributed by atoms with Crippen molar-refractivity contribution < 1.29 is 4.79 Å². The number of rotatable bonds is 5. The van der Waals surface area contributed by atoms with Crippen LogP contribution < -0.4 is 15.5 Å². The Labute approximate surface area is 205 Å². The van der Waals surface area contributed by atoms with Gasteiger partial charge in [-0.25, -0.2) is 0 Å². The SMILES string of the molecule is CC(Nc1cc(N2CCN(C(=O)C3CCCN3)[C@H](C)C2)ccc1C#N)c1ccc(Cl)cc1Cl. The molecule has 0 aliphatic carbocycles. The molecule has 0 radical (unpaired) electrons. The van der Waals surface area contributed by atoms with E-state index >= 15 is 0 Å². The first-order valence-electron chi connectivity index (χ1n) is 11.4. The summed E-state index contributed by atoms with van der Waals surface area (Å²) in [5.74, 6) is 0.218. The Morgan fingerprint density at radius 1 is 1.24 bits per heavy atom. The summed E-state index contributed by atoms with van der Waals surface area (Å²) >= 11 is 12.4. The third kappa shape index (κ3) is 5.22. The van der Waals surface area contributed by atoms with Crippen LogP contribution in [0, 0.1) is 11.3 Å². The van der Waals surface area contributed by atoms with Gasteiger partial charge in [-0.2, -0.15) is 5.26 Å². The Balaban J connectivity index is 1.48. The van der Waals surface area contributed by atoms with E-state index in [1.807, 2.05) is 42.2 Å². The van der Waals surface area contributed by atoms with E-state index in [4.69, 9.17) is 23.2 Å². The first-order chi connectivity index (χ1) is 15.9. The molecule has 1 amide bonds. The van der Waals surface area contributed by atoms with Crippen LogP contribution in [0.1, 0.15) is 43.9 Å². The third-order valence-corrected chi connectivity index (χ3v) is 7.12. The van der Waals surface area contributed by atoms with Crippen LogP contribution in [0.5, 0.6) is 0 Å². The van der Waals surface area contributed by atoms with Crippen LogP contribution in [0.3, 0.4) is 0 Å². The Bertz CT molecular complexity index is 1060. The fourth-order valence-electron chi connectivity index (χ4n) is 4.72. The molecule has 174 valence electrons. The maximum absolute atomic E-state index is 12.9.